The highest BCUT2D eigenvalue weighted by Gasteiger charge is 2.48. The Labute approximate surface area is 108 Å². The van der Waals surface area contributed by atoms with Gasteiger partial charge < -0.3 is 10.8 Å². The summed E-state index contributed by atoms with van der Waals surface area (Å²) in [7, 11) is 0. The fraction of sp³-hybridized carbons (Fsp3) is 0.500. The number of pyridine rings is 1. The predicted molar refractivity (Wildman–Crippen MR) is 62.3 cm³/mol. The Morgan fingerprint density at radius 2 is 2.00 bits per heavy atom. The van der Waals surface area contributed by atoms with E-state index >= 15 is 0 Å². The first-order valence-corrected chi connectivity index (χ1v) is 5.03. The monoisotopic (exact) mass is 283 g/mol. The molecule has 4 nitrogen and oxygen atoms in total. The van der Waals surface area contributed by atoms with Gasteiger partial charge in [-0.2, -0.15) is 0 Å². The summed E-state index contributed by atoms with van der Waals surface area (Å²) in [6, 6.07) is 2.99. The molecule has 1 unspecified atom stereocenters. The number of aliphatic hydroxyl groups is 1. The van der Waals surface area contributed by atoms with Crippen LogP contribution < -0.4 is 5.73 Å². The molecule has 0 aromatic carbocycles. The number of anilines is 1. The number of rotatable bonds is 3. The van der Waals surface area contributed by atoms with Gasteiger partial charge in [0.2, 0.25) is 6.30 Å². The Hall–Kier alpha value is -1.05. The van der Waals surface area contributed by atoms with Crippen LogP contribution in [0.25, 0.3) is 0 Å². The lowest BCUT2D eigenvalue weighted by Crippen LogP contribution is -2.63. The van der Waals surface area contributed by atoms with Crippen LogP contribution in [0, 0.1) is 0 Å². The van der Waals surface area contributed by atoms with Crippen molar-refractivity contribution < 1.29 is 18.3 Å². The van der Waals surface area contributed by atoms with Crippen LogP contribution in [0.3, 0.4) is 0 Å². The lowest BCUT2D eigenvalue weighted by atomic mass is 9.89. The van der Waals surface area contributed by atoms with Gasteiger partial charge in [0, 0.05) is 25.0 Å². The molecule has 18 heavy (non-hydrogen) atoms. The van der Waals surface area contributed by atoms with E-state index in [1.807, 2.05) is 0 Å². The maximum Gasteiger partial charge on any atom is 0.282 e. The summed E-state index contributed by atoms with van der Waals surface area (Å²) in [5.41, 5.74) is 4.81. The number of β-amino-alcohol motifs (C(OH)–C–C–N with tert-alkyl or cyclic N) is 1. The number of nitrogen functional groups attached to an aromatic ring is 1. The first kappa shape index (κ1) is 15.0. The fourth-order valence-electron chi connectivity index (χ4n) is 1.82. The highest BCUT2D eigenvalue weighted by molar-refractivity contribution is 5.85. The Morgan fingerprint density at radius 1 is 1.39 bits per heavy atom. The largest absolute Gasteiger partial charge is 0.399 e. The van der Waals surface area contributed by atoms with Gasteiger partial charge in [-0.25, -0.2) is 13.2 Å². The molecule has 102 valence electrons. The molecule has 0 radical (unpaired) electrons. The van der Waals surface area contributed by atoms with Gasteiger partial charge in [-0.15, -0.1) is 12.4 Å². The third-order valence-corrected chi connectivity index (χ3v) is 2.75. The van der Waals surface area contributed by atoms with Gasteiger partial charge in [0.05, 0.1) is 5.69 Å². The van der Waals surface area contributed by atoms with E-state index in [0.29, 0.717) is 5.69 Å². The molecule has 1 fully saturated rings. The van der Waals surface area contributed by atoms with Gasteiger partial charge in [0.1, 0.15) is 5.60 Å². The first-order valence-electron chi connectivity index (χ1n) is 5.03. The molecular weight excluding hydrogens is 271 g/mol. The predicted octanol–water partition coefficient (Wildman–Crippen LogP) is 1.15. The van der Waals surface area contributed by atoms with E-state index in [1.165, 1.54) is 12.3 Å². The highest BCUT2D eigenvalue weighted by atomic mass is 35.5. The molecule has 1 saturated heterocycles. The number of hydrogen-bond acceptors (Lipinski definition) is 4. The Balaban J connectivity index is 0.00000162. The standard InChI is InChI=1S/C10H12F3N3O.ClH/c11-8(12)9(13)16-4-10(17,5-16)7-3-6(14)1-2-15-7;/h1-3,8-9,17H,4-5H2,(H2,14,15);1H. The minimum Gasteiger partial charge on any atom is -0.399 e. The van der Waals surface area contributed by atoms with E-state index < -0.39 is 18.3 Å². The number of hydrogen-bond donors (Lipinski definition) is 2. The summed E-state index contributed by atoms with van der Waals surface area (Å²) in [6.45, 7) is -0.427. The van der Waals surface area contributed by atoms with Crippen LogP contribution in [0.4, 0.5) is 18.9 Å². The van der Waals surface area contributed by atoms with E-state index in [9.17, 15) is 18.3 Å². The van der Waals surface area contributed by atoms with Crippen LogP contribution in [0.2, 0.25) is 0 Å². The van der Waals surface area contributed by atoms with Gasteiger partial charge in [-0.3, -0.25) is 9.88 Å². The van der Waals surface area contributed by atoms with Crippen molar-refractivity contribution in [1.29, 1.82) is 0 Å². The van der Waals surface area contributed by atoms with E-state index in [1.54, 1.807) is 6.07 Å². The molecule has 0 saturated carbocycles. The number of likely N-dealkylation sites (tertiary alicyclic amines) is 1. The number of halogens is 4. The second-order valence-corrected chi connectivity index (χ2v) is 4.12. The molecule has 8 heteroatoms. The van der Waals surface area contributed by atoms with Crippen molar-refractivity contribution in [2.45, 2.75) is 18.3 Å². The average Bonchev–Trinajstić information content (AvgIpc) is 2.23. The zero-order valence-electron chi connectivity index (χ0n) is 9.26. The van der Waals surface area contributed by atoms with Gasteiger partial charge >= 0.3 is 0 Å². The molecule has 1 aliphatic heterocycles. The molecule has 1 aliphatic rings. The molecule has 1 aromatic heterocycles. The van der Waals surface area contributed by atoms with Crippen molar-refractivity contribution in [3.05, 3.63) is 24.0 Å². The Kier molecular flexibility index (Phi) is 4.41. The molecule has 2 heterocycles. The van der Waals surface area contributed by atoms with E-state index in [-0.39, 0.29) is 31.2 Å². The van der Waals surface area contributed by atoms with Crippen LogP contribution in [0.15, 0.2) is 18.3 Å². The lowest BCUT2D eigenvalue weighted by molar-refractivity contribution is -0.176. The smallest absolute Gasteiger partial charge is 0.282 e. The van der Waals surface area contributed by atoms with Crippen molar-refractivity contribution >= 4 is 18.1 Å². The number of nitrogens with two attached hydrogens (primary N) is 1. The van der Waals surface area contributed by atoms with Gasteiger partial charge in [0.15, 0.2) is 0 Å². The van der Waals surface area contributed by atoms with Crippen molar-refractivity contribution in [3.63, 3.8) is 0 Å². The zero-order valence-corrected chi connectivity index (χ0v) is 10.1. The molecular formula is C10H13ClF3N3O. The van der Waals surface area contributed by atoms with E-state index in [4.69, 9.17) is 5.73 Å². The molecule has 0 amide bonds. The molecule has 0 bridgehead atoms. The molecule has 0 spiro atoms. The molecule has 3 N–H and O–H groups in total. The third-order valence-electron chi connectivity index (χ3n) is 2.75. The molecule has 2 rings (SSSR count). The minimum atomic E-state index is -3.08. The lowest BCUT2D eigenvalue weighted by Gasteiger charge is -2.47. The number of nitrogens with zero attached hydrogens (tertiary/aromatic N) is 2. The Morgan fingerprint density at radius 3 is 2.50 bits per heavy atom. The number of aromatic nitrogens is 1. The highest BCUT2D eigenvalue weighted by Crippen LogP contribution is 2.34. The average molecular weight is 284 g/mol. The molecule has 0 aliphatic carbocycles. The summed E-state index contributed by atoms with van der Waals surface area (Å²) in [5.74, 6) is 0. The van der Waals surface area contributed by atoms with E-state index in [0.717, 1.165) is 4.90 Å². The van der Waals surface area contributed by atoms with E-state index in [2.05, 4.69) is 4.98 Å². The maximum absolute atomic E-state index is 12.9. The van der Waals surface area contributed by atoms with Crippen LogP contribution >= 0.6 is 12.4 Å². The quantitative estimate of drug-likeness (QED) is 0.817. The van der Waals surface area contributed by atoms with Crippen molar-refractivity contribution in [3.8, 4) is 0 Å². The SMILES string of the molecule is Cl.Nc1ccnc(C2(O)CN(C(F)C(F)F)C2)c1. The van der Waals surface area contributed by atoms with Crippen LogP contribution in [0.1, 0.15) is 5.69 Å². The maximum atomic E-state index is 12.9. The fourth-order valence-corrected chi connectivity index (χ4v) is 1.82. The molecule has 1 atom stereocenters. The normalized spacial score (nSPS) is 20.1. The topological polar surface area (TPSA) is 62.4 Å². The van der Waals surface area contributed by atoms with Crippen LogP contribution in [-0.2, 0) is 5.60 Å². The molecule has 1 aromatic rings. The second kappa shape index (κ2) is 5.29. The van der Waals surface area contributed by atoms with Crippen molar-refractivity contribution in [2.75, 3.05) is 18.8 Å². The third kappa shape index (κ3) is 2.68. The zero-order chi connectivity index (χ0) is 12.6. The van der Waals surface area contributed by atoms with Gasteiger partial charge in [0.25, 0.3) is 6.43 Å². The summed E-state index contributed by atoms with van der Waals surface area (Å²) < 4.78 is 37.1. The van der Waals surface area contributed by atoms with Gasteiger partial charge in [-0.1, -0.05) is 0 Å². The van der Waals surface area contributed by atoms with Gasteiger partial charge in [-0.05, 0) is 12.1 Å². The van der Waals surface area contributed by atoms with Crippen molar-refractivity contribution in [2.24, 2.45) is 0 Å². The summed E-state index contributed by atoms with van der Waals surface area (Å²) >= 11 is 0. The summed E-state index contributed by atoms with van der Waals surface area (Å²) in [4.78, 5) is 4.76. The van der Waals surface area contributed by atoms with Crippen LogP contribution in [0.5, 0.6) is 0 Å². The van der Waals surface area contributed by atoms with Crippen LogP contribution in [-0.4, -0.2) is 40.8 Å². The Bertz CT molecular complexity index is 415. The first-order chi connectivity index (χ1) is 7.92. The van der Waals surface area contributed by atoms with Crippen molar-refractivity contribution in [1.82, 2.24) is 9.88 Å². The number of alkyl halides is 3. The minimum absolute atomic E-state index is 0. The summed E-state index contributed by atoms with van der Waals surface area (Å²) in [5, 5.41) is 10.0. The second-order valence-electron chi connectivity index (χ2n) is 4.12. The summed E-state index contributed by atoms with van der Waals surface area (Å²) in [6.07, 6.45) is -4.02.